The minimum absolute atomic E-state index is 0.191. The largest absolute Gasteiger partial charge is 0.346 e. The molecule has 3 rings (SSSR count). The van der Waals surface area contributed by atoms with E-state index in [1.165, 1.54) is 11.3 Å². The summed E-state index contributed by atoms with van der Waals surface area (Å²) in [5, 5.41) is 15.7. The average molecular weight is 301 g/mol. The normalized spacial score (nSPS) is 11.2. The third-order valence-electron chi connectivity index (χ3n) is 3.02. The van der Waals surface area contributed by atoms with E-state index in [9.17, 15) is 4.79 Å². The van der Waals surface area contributed by atoms with Crippen LogP contribution in [-0.4, -0.2) is 25.7 Å². The Morgan fingerprint density at radius 3 is 2.76 bits per heavy atom. The minimum atomic E-state index is -0.191. The standard InChI is InChI=1S/C14H15N5OS/c1-9(2)11-16-17-14-19(11)18-13(21-14)12(20)15-8-10-6-4-3-5-7-10/h3-7,9H,8H2,1-2H3,(H,15,20). The molecule has 0 aliphatic carbocycles. The van der Waals surface area contributed by atoms with Crippen molar-refractivity contribution in [1.82, 2.24) is 25.1 Å². The first kappa shape index (κ1) is 13.7. The minimum Gasteiger partial charge on any atom is -0.346 e. The zero-order valence-corrected chi connectivity index (χ0v) is 12.6. The Bertz CT molecular complexity index is 762. The van der Waals surface area contributed by atoms with Gasteiger partial charge in [-0.15, -0.1) is 15.3 Å². The first-order chi connectivity index (χ1) is 10.1. The molecule has 1 N–H and O–H groups in total. The summed E-state index contributed by atoms with van der Waals surface area (Å²) in [5.74, 6) is 0.787. The van der Waals surface area contributed by atoms with E-state index in [1.807, 2.05) is 44.2 Å². The Morgan fingerprint density at radius 2 is 2.05 bits per heavy atom. The highest BCUT2D eigenvalue weighted by molar-refractivity contribution is 7.18. The number of rotatable bonds is 4. The van der Waals surface area contributed by atoms with Crippen LogP contribution in [0, 0.1) is 0 Å². The number of carbonyl (C=O) groups excluding carboxylic acids is 1. The van der Waals surface area contributed by atoms with Gasteiger partial charge in [0.25, 0.3) is 5.91 Å². The molecule has 6 nitrogen and oxygen atoms in total. The van der Waals surface area contributed by atoms with E-state index in [1.54, 1.807) is 4.52 Å². The zero-order chi connectivity index (χ0) is 14.8. The molecule has 21 heavy (non-hydrogen) atoms. The molecule has 2 aromatic heterocycles. The number of hydrogen-bond acceptors (Lipinski definition) is 5. The number of benzene rings is 1. The van der Waals surface area contributed by atoms with Crippen molar-refractivity contribution in [1.29, 1.82) is 0 Å². The van der Waals surface area contributed by atoms with Crippen molar-refractivity contribution in [3.63, 3.8) is 0 Å². The SMILES string of the molecule is CC(C)c1nnc2sc(C(=O)NCc3ccccc3)nn12. The molecular formula is C14H15N5OS. The number of aromatic nitrogens is 4. The summed E-state index contributed by atoms with van der Waals surface area (Å²) in [5.41, 5.74) is 1.05. The predicted molar refractivity (Wildman–Crippen MR) is 80.4 cm³/mol. The Balaban J connectivity index is 1.76. The second-order valence-corrected chi connectivity index (χ2v) is 5.94. The molecule has 0 unspecified atom stereocenters. The highest BCUT2D eigenvalue weighted by Gasteiger charge is 2.17. The van der Waals surface area contributed by atoms with Crippen LogP contribution in [-0.2, 0) is 6.54 Å². The van der Waals surface area contributed by atoms with Gasteiger partial charge < -0.3 is 5.32 Å². The molecule has 0 radical (unpaired) electrons. The summed E-state index contributed by atoms with van der Waals surface area (Å²) in [6, 6.07) is 9.77. The van der Waals surface area contributed by atoms with Gasteiger partial charge in [0.2, 0.25) is 9.97 Å². The monoisotopic (exact) mass is 301 g/mol. The third-order valence-corrected chi connectivity index (χ3v) is 3.92. The van der Waals surface area contributed by atoms with E-state index in [0.29, 0.717) is 16.5 Å². The number of amides is 1. The van der Waals surface area contributed by atoms with Gasteiger partial charge in [-0.3, -0.25) is 4.79 Å². The van der Waals surface area contributed by atoms with Crippen LogP contribution in [0.15, 0.2) is 30.3 Å². The van der Waals surface area contributed by atoms with Gasteiger partial charge in [0.1, 0.15) is 0 Å². The second kappa shape index (κ2) is 5.61. The molecule has 0 atom stereocenters. The lowest BCUT2D eigenvalue weighted by Crippen LogP contribution is -2.22. The van der Waals surface area contributed by atoms with Gasteiger partial charge in [-0.1, -0.05) is 55.5 Å². The van der Waals surface area contributed by atoms with Crippen molar-refractivity contribution in [2.45, 2.75) is 26.3 Å². The molecule has 0 saturated carbocycles. The molecule has 3 aromatic rings. The lowest BCUT2D eigenvalue weighted by Gasteiger charge is -2.02. The highest BCUT2D eigenvalue weighted by atomic mass is 32.1. The second-order valence-electron chi connectivity index (χ2n) is 4.98. The Hall–Kier alpha value is -2.28. The van der Waals surface area contributed by atoms with Crippen LogP contribution in [0.3, 0.4) is 0 Å². The fourth-order valence-corrected chi connectivity index (χ4v) is 2.70. The Kier molecular flexibility index (Phi) is 3.66. The fourth-order valence-electron chi connectivity index (χ4n) is 1.94. The predicted octanol–water partition coefficient (Wildman–Crippen LogP) is 2.24. The van der Waals surface area contributed by atoms with Crippen LogP contribution in [0.25, 0.3) is 4.96 Å². The number of nitrogens with one attached hydrogen (secondary N) is 1. The molecule has 0 spiro atoms. The third kappa shape index (κ3) is 2.78. The number of carbonyl (C=O) groups is 1. The van der Waals surface area contributed by atoms with Crippen LogP contribution in [0.5, 0.6) is 0 Å². The molecule has 0 aliphatic heterocycles. The van der Waals surface area contributed by atoms with E-state index in [-0.39, 0.29) is 11.8 Å². The Morgan fingerprint density at radius 1 is 1.29 bits per heavy atom. The van der Waals surface area contributed by atoms with Gasteiger partial charge in [0.05, 0.1) is 0 Å². The number of fused-ring (bicyclic) bond motifs is 1. The first-order valence-corrected chi connectivity index (χ1v) is 7.51. The molecule has 7 heteroatoms. The summed E-state index contributed by atoms with van der Waals surface area (Å²) in [6.07, 6.45) is 0. The van der Waals surface area contributed by atoms with Gasteiger partial charge in [-0.2, -0.15) is 4.52 Å². The van der Waals surface area contributed by atoms with Crippen LogP contribution >= 0.6 is 11.3 Å². The van der Waals surface area contributed by atoms with Crippen molar-refractivity contribution in [3.05, 3.63) is 46.7 Å². The van der Waals surface area contributed by atoms with Crippen molar-refractivity contribution in [3.8, 4) is 0 Å². The zero-order valence-electron chi connectivity index (χ0n) is 11.8. The van der Waals surface area contributed by atoms with Crippen LogP contribution in [0.1, 0.15) is 41.0 Å². The van der Waals surface area contributed by atoms with Crippen LogP contribution in [0.2, 0.25) is 0 Å². The van der Waals surface area contributed by atoms with Gasteiger partial charge in [-0.05, 0) is 5.56 Å². The van der Waals surface area contributed by atoms with Crippen molar-refractivity contribution in [2.24, 2.45) is 0 Å². The summed E-state index contributed by atoms with van der Waals surface area (Å²) < 4.78 is 1.65. The van der Waals surface area contributed by atoms with Gasteiger partial charge >= 0.3 is 0 Å². The number of hydrogen-bond donors (Lipinski definition) is 1. The molecule has 108 valence electrons. The van der Waals surface area contributed by atoms with Crippen LogP contribution < -0.4 is 5.32 Å². The number of nitrogens with zero attached hydrogens (tertiary/aromatic N) is 4. The summed E-state index contributed by atoms with van der Waals surface area (Å²) in [7, 11) is 0. The lowest BCUT2D eigenvalue weighted by molar-refractivity contribution is 0.0949. The molecule has 1 amide bonds. The molecule has 0 saturated heterocycles. The summed E-state index contributed by atoms with van der Waals surface area (Å²) in [4.78, 5) is 12.8. The van der Waals surface area contributed by atoms with Crippen molar-refractivity contribution in [2.75, 3.05) is 0 Å². The topological polar surface area (TPSA) is 72.2 Å². The van der Waals surface area contributed by atoms with Crippen molar-refractivity contribution >= 4 is 22.2 Å². The fraction of sp³-hybridized carbons (Fsp3) is 0.286. The maximum Gasteiger partial charge on any atom is 0.282 e. The highest BCUT2D eigenvalue weighted by Crippen LogP contribution is 2.18. The van der Waals surface area contributed by atoms with E-state index in [4.69, 9.17) is 0 Å². The summed E-state index contributed by atoms with van der Waals surface area (Å²) >= 11 is 1.24. The van der Waals surface area contributed by atoms with E-state index in [2.05, 4.69) is 20.6 Å². The van der Waals surface area contributed by atoms with Crippen molar-refractivity contribution < 1.29 is 4.79 Å². The lowest BCUT2D eigenvalue weighted by atomic mass is 10.2. The maximum absolute atomic E-state index is 12.1. The average Bonchev–Trinajstić information content (AvgIpc) is 3.05. The van der Waals surface area contributed by atoms with Gasteiger partial charge in [0, 0.05) is 12.5 Å². The van der Waals surface area contributed by atoms with Crippen LogP contribution in [0.4, 0.5) is 0 Å². The van der Waals surface area contributed by atoms with Gasteiger partial charge in [-0.25, -0.2) is 0 Å². The van der Waals surface area contributed by atoms with Gasteiger partial charge in [0.15, 0.2) is 5.82 Å². The smallest absolute Gasteiger partial charge is 0.282 e. The quantitative estimate of drug-likeness (QED) is 0.802. The molecule has 0 bridgehead atoms. The molecule has 1 aromatic carbocycles. The van der Waals surface area contributed by atoms with E-state index >= 15 is 0 Å². The Labute approximate surface area is 125 Å². The van der Waals surface area contributed by atoms with E-state index < -0.39 is 0 Å². The molecule has 2 heterocycles. The molecule has 0 fully saturated rings. The van der Waals surface area contributed by atoms with E-state index in [0.717, 1.165) is 11.4 Å². The summed E-state index contributed by atoms with van der Waals surface area (Å²) in [6.45, 7) is 4.52. The molecular weight excluding hydrogens is 286 g/mol. The maximum atomic E-state index is 12.1. The first-order valence-electron chi connectivity index (χ1n) is 6.69. The molecule has 0 aliphatic rings.